The fourth-order valence-corrected chi connectivity index (χ4v) is 4.09. The van der Waals surface area contributed by atoms with Gasteiger partial charge in [0.25, 0.3) is 0 Å². The molecular formula is C20H36N6O. The summed E-state index contributed by atoms with van der Waals surface area (Å²) in [5.41, 5.74) is 1.13. The van der Waals surface area contributed by atoms with Crippen molar-refractivity contribution in [2.24, 2.45) is 12.0 Å². The van der Waals surface area contributed by atoms with Crippen LogP contribution in [0, 0.1) is 0 Å². The minimum atomic E-state index is 0.0567. The van der Waals surface area contributed by atoms with Crippen molar-refractivity contribution in [2.75, 3.05) is 46.4 Å². The Morgan fingerprint density at radius 1 is 1.37 bits per heavy atom. The number of nitrogens with zero attached hydrogens (tertiary/aromatic N) is 5. The Hall–Kier alpha value is -1.60. The Kier molecular flexibility index (Phi) is 7.52. The van der Waals surface area contributed by atoms with E-state index >= 15 is 0 Å². The van der Waals surface area contributed by atoms with Gasteiger partial charge in [0.05, 0.1) is 25.9 Å². The first-order valence-corrected chi connectivity index (χ1v) is 10.5. The summed E-state index contributed by atoms with van der Waals surface area (Å²) in [5, 5.41) is 7.74. The molecule has 3 rings (SSSR count). The molecule has 2 heterocycles. The first kappa shape index (κ1) is 20.1. The second kappa shape index (κ2) is 10.1. The largest absolute Gasteiger partial charge is 0.370 e. The number of likely N-dealkylation sites (N-methyl/N-ethyl adjacent to an activating group) is 1. The number of aromatic nitrogens is 2. The Balaban J connectivity index is 1.55. The van der Waals surface area contributed by atoms with E-state index in [2.05, 4.69) is 34.2 Å². The van der Waals surface area contributed by atoms with Crippen LogP contribution in [0.15, 0.2) is 17.4 Å². The van der Waals surface area contributed by atoms with Crippen molar-refractivity contribution in [3.05, 3.63) is 18.0 Å². The summed E-state index contributed by atoms with van der Waals surface area (Å²) in [4.78, 5) is 9.75. The second-order valence-corrected chi connectivity index (χ2v) is 7.76. The lowest BCUT2D eigenvalue weighted by atomic mass is 9.94. The fraction of sp³-hybridized carbons (Fsp3) is 0.800. The molecule has 0 aromatic carbocycles. The van der Waals surface area contributed by atoms with Gasteiger partial charge in [-0.05, 0) is 26.8 Å². The summed E-state index contributed by atoms with van der Waals surface area (Å²) >= 11 is 0. The van der Waals surface area contributed by atoms with Gasteiger partial charge in [0.2, 0.25) is 0 Å². The van der Waals surface area contributed by atoms with Crippen molar-refractivity contribution in [3.8, 4) is 0 Å². The Labute approximate surface area is 163 Å². The lowest BCUT2D eigenvalue weighted by molar-refractivity contribution is -0.00805. The first-order chi connectivity index (χ1) is 13.2. The highest BCUT2D eigenvalue weighted by molar-refractivity contribution is 5.80. The van der Waals surface area contributed by atoms with E-state index in [9.17, 15) is 0 Å². The zero-order valence-electron chi connectivity index (χ0n) is 17.2. The molecule has 7 nitrogen and oxygen atoms in total. The van der Waals surface area contributed by atoms with Crippen LogP contribution in [0.4, 0.5) is 0 Å². The van der Waals surface area contributed by atoms with Crippen molar-refractivity contribution in [2.45, 2.75) is 51.2 Å². The highest BCUT2D eigenvalue weighted by Crippen LogP contribution is 2.22. The molecule has 1 saturated carbocycles. The van der Waals surface area contributed by atoms with Gasteiger partial charge >= 0.3 is 0 Å². The molecule has 0 spiro atoms. The molecule has 2 fully saturated rings. The smallest absolute Gasteiger partial charge is 0.194 e. The average Bonchev–Trinajstić information content (AvgIpc) is 3.14. The number of rotatable bonds is 6. The maximum Gasteiger partial charge on any atom is 0.194 e. The molecule has 1 atom stereocenters. The van der Waals surface area contributed by atoms with Crippen LogP contribution < -0.4 is 5.32 Å². The Morgan fingerprint density at radius 2 is 2.19 bits per heavy atom. The van der Waals surface area contributed by atoms with E-state index in [1.54, 1.807) is 0 Å². The molecule has 1 saturated heterocycles. The summed E-state index contributed by atoms with van der Waals surface area (Å²) in [7, 11) is 4.20. The van der Waals surface area contributed by atoms with Gasteiger partial charge in [0, 0.05) is 44.5 Å². The molecule has 1 aromatic rings. The normalized spacial score (nSPS) is 22.4. The third kappa shape index (κ3) is 5.69. The fourth-order valence-electron chi connectivity index (χ4n) is 4.09. The van der Waals surface area contributed by atoms with Crippen LogP contribution >= 0.6 is 0 Å². The van der Waals surface area contributed by atoms with E-state index in [0.29, 0.717) is 6.61 Å². The van der Waals surface area contributed by atoms with Crippen molar-refractivity contribution in [1.82, 2.24) is 24.9 Å². The SMILES string of the molecule is CCNC(=NCCN(C)C1CCCCC1)N1CCOC(c2cnn(C)c2)C1. The highest BCUT2D eigenvalue weighted by atomic mass is 16.5. The van der Waals surface area contributed by atoms with E-state index in [4.69, 9.17) is 9.73 Å². The van der Waals surface area contributed by atoms with Crippen LogP contribution in [0.3, 0.4) is 0 Å². The minimum Gasteiger partial charge on any atom is -0.370 e. The van der Waals surface area contributed by atoms with Gasteiger partial charge in [-0.15, -0.1) is 0 Å². The average molecular weight is 377 g/mol. The molecule has 1 N–H and O–H groups in total. The number of hydrogen-bond donors (Lipinski definition) is 1. The van der Waals surface area contributed by atoms with E-state index in [1.807, 2.05) is 24.1 Å². The van der Waals surface area contributed by atoms with Gasteiger partial charge in [0.1, 0.15) is 6.10 Å². The van der Waals surface area contributed by atoms with E-state index in [0.717, 1.165) is 50.3 Å². The van der Waals surface area contributed by atoms with Crippen molar-refractivity contribution in [1.29, 1.82) is 0 Å². The minimum absolute atomic E-state index is 0.0567. The summed E-state index contributed by atoms with van der Waals surface area (Å²) in [6, 6.07) is 0.745. The quantitative estimate of drug-likeness (QED) is 0.608. The maximum absolute atomic E-state index is 5.97. The Bertz CT molecular complexity index is 595. The maximum atomic E-state index is 5.97. The third-order valence-electron chi connectivity index (χ3n) is 5.71. The zero-order chi connectivity index (χ0) is 19.1. The molecule has 1 aliphatic heterocycles. The summed E-state index contributed by atoms with van der Waals surface area (Å²) < 4.78 is 7.80. The monoisotopic (exact) mass is 376 g/mol. The zero-order valence-corrected chi connectivity index (χ0v) is 17.2. The van der Waals surface area contributed by atoms with E-state index in [1.165, 1.54) is 32.1 Å². The van der Waals surface area contributed by atoms with Crippen LogP contribution in [0.1, 0.15) is 50.7 Å². The highest BCUT2D eigenvalue weighted by Gasteiger charge is 2.25. The van der Waals surface area contributed by atoms with Gasteiger partial charge < -0.3 is 19.9 Å². The predicted octanol–water partition coefficient (Wildman–Crippen LogP) is 2.02. The van der Waals surface area contributed by atoms with Gasteiger partial charge in [-0.3, -0.25) is 9.67 Å². The number of morpholine rings is 1. The lowest BCUT2D eigenvalue weighted by Gasteiger charge is -2.35. The van der Waals surface area contributed by atoms with Crippen LogP contribution in [0.2, 0.25) is 0 Å². The van der Waals surface area contributed by atoms with Crippen molar-refractivity contribution in [3.63, 3.8) is 0 Å². The third-order valence-corrected chi connectivity index (χ3v) is 5.71. The molecule has 0 bridgehead atoms. The molecule has 152 valence electrons. The molecule has 0 radical (unpaired) electrons. The number of aryl methyl sites for hydroxylation is 1. The summed E-state index contributed by atoms with van der Waals surface area (Å²) in [6.07, 6.45) is 10.8. The van der Waals surface area contributed by atoms with Crippen LogP contribution in [-0.4, -0.2) is 78.0 Å². The second-order valence-electron chi connectivity index (χ2n) is 7.76. The summed E-state index contributed by atoms with van der Waals surface area (Å²) in [5.74, 6) is 1.01. The number of nitrogens with one attached hydrogen (secondary N) is 1. The van der Waals surface area contributed by atoms with Crippen LogP contribution in [-0.2, 0) is 11.8 Å². The van der Waals surface area contributed by atoms with Gasteiger partial charge in [-0.2, -0.15) is 5.10 Å². The van der Waals surface area contributed by atoms with E-state index in [-0.39, 0.29) is 6.10 Å². The Morgan fingerprint density at radius 3 is 2.89 bits per heavy atom. The van der Waals surface area contributed by atoms with Gasteiger partial charge in [-0.1, -0.05) is 19.3 Å². The molecule has 7 heteroatoms. The molecule has 1 unspecified atom stereocenters. The number of guanidine groups is 1. The molecular weight excluding hydrogens is 340 g/mol. The number of hydrogen-bond acceptors (Lipinski definition) is 4. The molecule has 2 aliphatic rings. The molecule has 27 heavy (non-hydrogen) atoms. The first-order valence-electron chi connectivity index (χ1n) is 10.5. The number of aliphatic imine (C=N–C) groups is 1. The standard InChI is InChI=1S/C20H36N6O/c1-4-21-20(22-10-11-24(2)18-8-6-5-7-9-18)26-12-13-27-19(16-26)17-14-23-25(3)15-17/h14-15,18-19H,4-13,16H2,1-3H3,(H,21,22). The topological polar surface area (TPSA) is 57.9 Å². The lowest BCUT2D eigenvalue weighted by Crippen LogP contribution is -2.48. The molecule has 1 aliphatic carbocycles. The predicted molar refractivity (Wildman–Crippen MR) is 109 cm³/mol. The van der Waals surface area contributed by atoms with Crippen LogP contribution in [0.25, 0.3) is 0 Å². The van der Waals surface area contributed by atoms with Crippen molar-refractivity contribution < 1.29 is 4.74 Å². The van der Waals surface area contributed by atoms with Gasteiger partial charge in [-0.25, -0.2) is 0 Å². The van der Waals surface area contributed by atoms with Crippen molar-refractivity contribution >= 4 is 5.96 Å². The van der Waals surface area contributed by atoms with E-state index < -0.39 is 0 Å². The van der Waals surface area contributed by atoms with Gasteiger partial charge in [0.15, 0.2) is 5.96 Å². The molecule has 1 aromatic heterocycles. The molecule has 0 amide bonds. The number of ether oxygens (including phenoxy) is 1. The summed E-state index contributed by atoms with van der Waals surface area (Å²) in [6.45, 7) is 7.28. The van der Waals surface area contributed by atoms with Crippen LogP contribution in [0.5, 0.6) is 0 Å².